The van der Waals surface area contributed by atoms with E-state index in [1.807, 2.05) is 0 Å². The van der Waals surface area contributed by atoms with Gasteiger partial charge < -0.3 is 10.6 Å². The normalized spacial score (nSPS) is 11.0. The fourth-order valence-corrected chi connectivity index (χ4v) is 2.70. The molecule has 22 heavy (non-hydrogen) atoms. The lowest BCUT2D eigenvalue weighted by atomic mass is 10.3. The van der Waals surface area contributed by atoms with Gasteiger partial charge in [-0.2, -0.15) is 0 Å². The number of rotatable bonds is 3. The molecular formula is C14H12ClFN2O2S2. The first-order valence-electron chi connectivity index (χ1n) is 6.09. The Morgan fingerprint density at radius 2 is 1.77 bits per heavy atom. The highest BCUT2D eigenvalue weighted by Crippen LogP contribution is 2.22. The molecule has 0 atom stereocenters. The fourth-order valence-electron chi connectivity index (χ4n) is 1.67. The zero-order valence-electron chi connectivity index (χ0n) is 11.4. The molecule has 0 saturated carbocycles. The van der Waals surface area contributed by atoms with Crippen molar-refractivity contribution in [2.24, 2.45) is 0 Å². The molecule has 0 bridgehead atoms. The Hall–Kier alpha value is -1.70. The van der Waals surface area contributed by atoms with E-state index in [1.54, 1.807) is 18.2 Å². The molecular weight excluding hydrogens is 347 g/mol. The zero-order valence-corrected chi connectivity index (χ0v) is 13.8. The molecule has 0 aliphatic rings. The average molecular weight is 359 g/mol. The molecule has 2 aromatic carbocycles. The molecule has 0 radical (unpaired) electrons. The van der Waals surface area contributed by atoms with Crippen LogP contribution in [0.4, 0.5) is 15.8 Å². The van der Waals surface area contributed by atoms with Crippen LogP contribution >= 0.6 is 23.8 Å². The Morgan fingerprint density at radius 1 is 1.14 bits per heavy atom. The predicted molar refractivity (Wildman–Crippen MR) is 90.8 cm³/mol. The number of anilines is 2. The van der Waals surface area contributed by atoms with Gasteiger partial charge in [0.05, 0.1) is 15.6 Å². The summed E-state index contributed by atoms with van der Waals surface area (Å²) in [5.74, 6) is -0.597. The van der Waals surface area contributed by atoms with Crippen LogP contribution in [0.15, 0.2) is 47.4 Å². The van der Waals surface area contributed by atoms with Crippen LogP contribution < -0.4 is 10.6 Å². The van der Waals surface area contributed by atoms with E-state index in [2.05, 4.69) is 10.6 Å². The summed E-state index contributed by atoms with van der Waals surface area (Å²) >= 11 is 10.8. The second kappa shape index (κ2) is 6.60. The highest BCUT2D eigenvalue weighted by atomic mass is 35.5. The summed E-state index contributed by atoms with van der Waals surface area (Å²) in [6, 6.07) is 10.6. The van der Waals surface area contributed by atoms with Crippen molar-refractivity contribution in [2.45, 2.75) is 4.90 Å². The molecule has 0 amide bonds. The van der Waals surface area contributed by atoms with Gasteiger partial charge in [-0.1, -0.05) is 17.7 Å². The van der Waals surface area contributed by atoms with Gasteiger partial charge >= 0.3 is 0 Å². The first kappa shape index (κ1) is 16.7. The average Bonchev–Trinajstić information content (AvgIpc) is 2.43. The topological polar surface area (TPSA) is 58.2 Å². The molecule has 2 rings (SSSR count). The Bertz CT molecular complexity index is 808. The van der Waals surface area contributed by atoms with Crippen LogP contribution in [0.5, 0.6) is 0 Å². The number of sulfone groups is 1. The molecule has 2 aromatic rings. The van der Waals surface area contributed by atoms with Crippen molar-refractivity contribution in [1.82, 2.24) is 0 Å². The number of halogens is 2. The van der Waals surface area contributed by atoms with Crippen LogP contribution in [0.25, 0.3) is 0 Å². The molecule has 4 nitrogen and oxygen atoms in total. The van der Waals surface area contributed by atoms with Gasteiger partial charge in [0.2, 0.25) is 0 Å². The van der Waals surface area contributed by atoms with E-state index in [1.165, 1.54) is 24.3 Å². The van der Waals surface area contributed by atoms with Crippen molar-refractivity contribution < 1.29 is 12.8 Å². The molecule has 8 heteroatoms. The van der Waals surface area contributed by atoms with Crippen molar-refractivity contribution in [1.29, 1.82) is 0 Å². The van der Waals surface area contributed by atoms with E-state index < -0.39 is 15.7 Å². The van der Waals surface area contributed by atoms with E-state index in [0.717, 1.165) is 6.26 Å². The number of benzene rings is 2. The standard InChI is InChI=1S/C14H12ClFN2O2S2/c1-22(19,20)10-7-5-9(6-8-10)17-14(21)18-12-4-2-3-11(15)13(12)16/h2-8H,1H3,(H2,17,18,21). The number of hydrogen-bond donors (Lipinski definition) is 2. The third-order valence-corrected chi connectivity index (χ3v) is 4.36. The van der Waals surface area contributed by atoms with Crippen LogP contribution in [0.3, 0.4) is 0 Å². The summed E-state index contributed by atoms with van der Waals surface area (Å²) in [4.78, 5) is 0.206. The summed E-state index contributed by atoms with van der Waals surface area (Å²) in [5, 5.41) is 5.67. The Morgan fingerprint density at radius 3 is 2.36 bits per heavy atom. The Balaban J connectivity index is 2.08. The van der Waals surface area contributed by atoms with Crippen molar-refractivity contribution in [3.63, 3.8) is 0 Å². The lowest BCUT2D eigenvalue weighted by Gasteiger charge is -2.12. The largest absolute Gasteiger partial charge is 0.332 e. The van der Waals surface area contributed by atoms with Gasteiger partial charge in [-0.05, 0) is 48.6 Å². The Labute approximate surface area is 138 Å². The first-order valence-corrected chi connectivity index (χ1v) is 8.77. The minimum absolute atomic E-state index is 0.00898. The third kappa shape index (κ3) is 4.16. The number of thiocarbonyl (C=S) groups is 1. The van der Waals surface area contributed by atoms with Gasteiger partial charge in [-0.15, -0.1) is 0 Å². The van der Waals surface area contributed by atoms with Crippen LogP contribution in [-0.2, 0) is 9.84 Å². The number of nitrogens with one attached hydrogen (secondary N) is 2. The van der Waals surface area contributed by atoms with Gasteiger partial charge in [-0.25, -0.2) is 12.8 Å². The molecule has 0 heterocycles. The minimum Gasteiger partial charge on any atom is -0.332 e. The smallest absolute Gasteiger partial charge is 0.175 e. The van der Waals surface area contributed by atoms with E-state index in [4.69, 9.17) is 23.8 Å². The molecule has 0 spiro atoms. The van der Waals surface area contributed by atoms with Crippen LogP contribution in [0.1, 0.15) is 0 Å². The molecule has 0 fully saturated rings. The van der Waals surface area contributed by atoms with Crippen molar-refractivity contribution >= 4 is 50.1 Å². The maximum atomic E-state index is 13.7. The molecule has 0 aromatic heterocycles. The summed E-state index contributed by atoms with van der Waals surface area (Å²) in [7, 11) is -3.25. The monoisotopic (exact) mass is 358 g/mol. The van der Waals surface area contributed by atoms with Crippen molar-refractivity contribution in [2.75, 3.05) is 16.9 Å². The van der Waals surface area contributed by atoms with Crippen LogP contribution in [0, 0.1) is 5.82 Å². The van der Waals surface area contributed by atoms with E-state index in [0.29, 0.717) is 5.69 Å². The fraction of sp³-hybridized carbons (Fsp3) is 0.0714. The quantitative estimate of drug-likeness (QED) is 0.819. The lowest BCUT2D eigenvalue weighted by molar-refractivity contribution is 0.602. The maximum absolute atomic E-state index is 13.7. The molecule has 2 N–H and O–H groups in total. The SMILES string of the molecule is CS(=O)(=O)c1ccc(NC(=S)Nc2cccc(Cl)c2F)cc1. The molecule has 0 unspecified atom stereocenters. The van der Waals surface area contributed by atoms with Gasteiger partial charge in [0, 0.05) is 11.9 Å². The molecule has 0 saturated heterocycles. The van der Waals surface area contributed by atoms with Crippen molar-refractivity contribution in [3.8, 4) is 0 Å². The summed E-state index contributed by atoms with van der Waals surface area (Å²) in [6.45, 7) is 0. The second-order valence-corrected chi connectivity index (χ2v) is 7.31. The van der Waals surface area contributed by atoms with E-state index in [9.17, 15) is 12.8 Å². The lowest BCUT2D eigenvalue weighted by Crippen LogP contribution is -2.19. The van der Waals surface area contributed by atoms with Gasteiger partial charge in [0.1, 0.15) is 0 Å². The molecule has 0 aliphatic heterocycles. The predicted octanol–water partition coefficient (Wildman–Crippen LogP) is 3.69. The van der Waals surface area contributed by atoms with E-state index >= 15 is 0 Å². The highest BCUT2D eigenvalue weighted by molar-refractivity contribution is 7.90. The van der Waals surface area contributed by atoms with Crippen molar-refractivity contribution in [3.05, 3.63) is 53.3 Å². The van der Waals surface area contributed by atoms with Crippen LogP contribution in [-0.4, -0.2) is 19.8 Å². The summed E-state index contributed by atoms with van der Waals surface area (Å²) in [5.41, 5.74) is 0.727. The molecule has 116 valence electrons. The maximum Gasteiger partial charge on any atom is 0.175 e. The van der Waals surface area contributed by atoms with Gasteiger partial charge in [-0.3, -0.25) is 0 Å². The third-order valence-electron chi connectivity index (χ3n) is 2.74. The minimum atomic E-state index is -3.25. The van der Waals surface area contributed by atoms with Gasteiger partial charge in [0.25, 0.3) is 0 Å². The zero-order chi connectivity index (χ0) is 16.3. The Kier molecular flexibility index (Phi) is 5.00. The molecule has 0 aliphatic carbocycles. The highest BCUT2D eigenvalue weighted by Gasteiger charge is 2.09. The summed E-state index contributed by atoms with van der Waals surface area (Å²) < 4.78 is 36.5. The van der Waals surface area contributed by atoms with Gasteiger partial charge in [0.15, 0.2) is 20.8 Å². The number of hydrogen-bond acceptors (Lipinski definition) is 3. The van der Waals surface area contributed by atoms with Crippen LogP contribution in [0.2, 0.25) is 5.02 Å². The second-order valence-electron chi connectivity index (χ2n) is 4.48. The van der Waals surface area contributed by atoms with E-state index in [-0.39, 0.29) is 20.7 Å². The first-order chi connectivity index (χ1) is 10.3. The summed E-state index contributed by atoms with van der Waals surface area (Å²) in [6.07, 6.45) is 1.13.